The van der Waals surface area contributed by atoms with Crippen molar-refractivity contribution in [2.45, 2.75) is 37.9 Å². The predicted molar refractivity (Wildman–Crippen MR) is 108 cm³/mol. The molecule has 8 heteroatoms. The third-order valence-corrected chi connectivity index (χ3v) is 6.95. The summed E-state index contributed by atoms with van der Waals surface area (Å²) in [4.78, 5) is 5.73. The number of guanidine groups is 1. The van der Waals surface area contributed by atoms with Gasteiger partial charge in [-0.05, 0) is 43.0 Å². The summed E-state index contributed by atoms with van der Waals surface area (Å²) in [5.41, 5.74) is 0.982. The van der Waals surface area contributed by atoms with Crippen molar-refractivity contribution in [3.05, 3.63) is 52.2 Å². The van der Waals surface area contributed by atoms with Crippen LogP contribution in [0.3, 0.4) is 0 Å². The average Bonchev–Trinajstić information content (AvgIpc) is 3.15. The van der Waals surface area contributed by atoms with E-state index in [1.807, 2.05) is 37.4 Å². The van der Waals surface area contributed by atoms with E-state index in [4.69, 9.17) is 0 Å². The topological polar surface area (TPSA) is 73.8 Å². The highest BCUT2D eigenvalue weighted by Gasteiger charge is 2.22. The van der Waals surface area contributed by atoms with Crippen molar-refractivity contribution in [1.82, 2.24) is 14.9 Å². The Labute approximate surface area is 160 Å². The third-order valence-electron chi connectivity index (χ3n) is 4.02. The lowest BCUT2D eigenvalue weighted by Gasteiger charge is -2.21. The maximum absolute atomic E-state index is 12.5. The maximum Gasteiger partial charge on any atom is 0.243 e. The van der Waals surface area contributed by atoms with Gasteiger partial charge in [-0.15, -0.1) is 11.3 Å². The second-order valence-electron chi connectivity index (χ2n) is 6.12. The summed E-state index contributed by atoms with van der Waals surface area (Å²) >= 11 is 1.69. The fourth-order valence-electron chi connectivity index (χ4n) is 2.21. The molecule has 0 aliphatic heterocycles. The Hall–Kier alpha value is -1.90. The van der Waals surface area contributed by atoms with Gasteiger partial charge in [0.2, 0.25) is 10.0 Å². The van der Waals surface area contributed by atoms with Gasteiger partial charge in [0, 0.05) is 31.6 Å². The van der Waals surface area contributed by atoms with Gasteiger partial charge in [0.25, 0.3) is 0 Å². The van der Waals surface area contributed by atoms with Crippen LogP contribution in [0.5, 0.6) is 0 Å². The molecule has 26 heavy (non-hydrogen) atoms. The van der Waals surface area contributed by atoms with Gasteiger partial charge in [-0.2, -0.15) is 4.31 Å². The van der Waals surface area contributed by atoms with E-state index in [0.29, 0.717) is 17.4 Å². The fraction of sp³-hybridized carbons (Fsp3) is 0.389. The zero-order valence-corrected chi connectivity index (χ0v) is 17.2. The Kier molecular flexibility index (Phi) is 7.19. The summed E-state index contributed by atoms with van der Waals surface area (Å²) in [7, 11) is -0.127. The van der Waals surface area contributed by atoms with Gasteiger partial charge in [-0.1, -0.05) is 18.2 Å². The highest BCUT2D eigenvalue weighted by atomic mass is 32.2. The van der Waals surface area contributed by atoms with Crippen molar-refractivity contribution in [2.75, 3.05) is 14.1 Å². The molecule has 2 aromatic rings. The van der Waals surface area contributed by atoms with Gasteiger partial charge in [0.05, 0.1) is 11.4 Å². The van der Waals surface area contributed by atoms with Crippen LogP contribution in [0, 0.1) is 0 Å². The second kappa shape index (κ2) is 9.16. The number of nitrogens with one attached hydrogen (secondary N) is 2. The highest BCUT2D eigenvalue weighted by Crippen LogP contribution is 2.17. The molecule has 0 atom stereocenters. The second-order valence-corrected chi connectivity index (χ2v) is 9.15. The summed E-state index contributed by atoms with van der Waals surface area (Å²) < 4.78 is 26.3. The first-order valence-corrected chi connectivity index (χ1v) is 10.7. The van der Waals surface area contributed by atoms with E-state index in [2.05, 4.69) is 21.7 Å². The molecule has 0 fully saturated rings. The minimum Gasteiger partial charge on any atom is -0.352 e. The molecule has 0 radical (unpaired) electrons. The van der Waals surface area contributed by atoms with Crippen molar-refractivity contribution in [3.63, 3.8) is 0 Å². The quantitative estimate of drug-likeness (QED) is 0.559. The van der Waals surface area contributed by atoms with E-state index in [0.717, 1.165) is 12.1 Å². The zero-order valence-electron chi connectivity index (χ0n) is 15.6. The van der Waals surface area contributed by atoms with Crippen LogP contribution >= 0.6 is 11.3 Å². The molecule has 0 saturated carbocycles. The molecule has 0 aliphatic rings. The molecule has 1 aromatic carbocycles. The van der Waals surface area contributed by atoms with Crippen molar-refractivity contribution in [1.29, 1.82) is 0 Å². The lowest BCUT2D eigenvalue weighted by Crippen LogP contribution is -2.36. The first kappa shape index (κ1) is 20.4. The fourth-order valence-corrected chi connectivity index (χ4v) is 4.23. The van der Waals surface area contributed by atoms with E-state index in [1.165, 1.54) is 9.18 Å². The summed E-state index contributed by atoms with van der Waals surface area (Å²) in [5.74, 6) is 0.703. The predicted octanol–water partition coefficient (Wildman–Crippen LogP) is 2.64. The zero-order chi connectivity index (χ0) is 19.2. The SMILES string of the molecule is CN=C(NCc1ccc(S(=O)(=O)N(C)C(C)C)cc1)NCc1cccs1. The van der Waals surface area contributed by atoms with Crippen LogP contribution < -0.4 is 10.6 Å². The van der Waals surface area contributed by atoms with E-state index in [9.17, 15) is 8.42 Å². The molecule has 0 amide bonds. The molecule has 1 aromatic heterocycles. The van der Waals surface area contributed by atoms with Crippen LogP contribution in [0.1, 0.15) is 24.3 Å². The van der Waals surface area contributed by atoms with Crippen LogP contribution in [0.25, 0.3) is 0 Å². The summed E-state index contributed by atoms with van der Waals surface area (Å²) in [6.45, 7) is 4.98. The molecule has 6 nitrogen and oxygen atoms in total. The Morgan fingerprint density at radius 1 is 1.15 bits per heavy atom. The van der Waals surface area contributed by atoms with Gasteiger partial charge in [0.1, 0.15) is 0 Å². The first-order chi connectivity index (χ1) is 12.3. The number of hydrogen-bond acceptors (Lipinski definition) is 4. The van der Waals surface area contributed by atoms with Crippen LogP contribution in [-0.2, 0) is 23.1 Å². The Balaban J connectivity index is 1.94. The molecular weight excluding hydrogens is 368 g/mol. The molecule has 0 aliphatic carbocycles. The highest BCUT2D eigenvalue weighted by molar-refractivity contribution is 7.89. The summed E-state index contributed by atoms with van der Waals surface area (Å²) in [6.07, 6.45) is 0. The molecule has 0 unspecified atom stereocenters. The Morgan fingerprint density at radius 2 is 1.81 bits per heavy atom. The van der Waals surface area contributed by atoms with E-state index in [-0.39, 0.29) is 6.04 Å². The molecule has 2 N–H and O–H groups in total. The van der Waals surface area contributed by atoms with Gasteiger partial charge in [0.15, 0.2) is 5.96 Å². The van der Waals surface area contributed by atoms with Crippen LogP contribution in [0.2, 0.25) is 0 Å². The molecule has 1 heterocycles. The molecule has 0 spiro atoms. The van der Waals surface area contributed by atoms with Gasteiger partial charge < -0.3 is 10.6 Å². The van der Waals surface area contributed by atoms with Crippen molar-refractivity contribution in [3.8, 4) is 0 Å². The maximum atomic E-state index is 12.5. The number of hydrogen-bond donors (Lipinski definition) is 2. The van der Waals surface area contributed by atoms with Crippen LogP contribution in [-0.4, -0.2) is 38.8 Å². The van der Waals surface area contributed by atoms with Gasteiger partial charge in [-0.25, -0.2) is 8.42 Å². The van der Waals surface area contributed by atoms with E-state index < -0.39 is 10.0 Å². The molecule has 0 bridgehead atoms. The van der Waals surface area contributed by atoms with Crippen molar-refractivity contribution < 1.29 is 8.42 Å². The summed E-state index contributed by atoms with van der Waals surface area (Å²) in [5, 5.41) is 8.52. The van der Waals surface area contributed by atoms with Gasteiger partial charge >= 0.3 is 0 Å². The number of nitrogens with zero attached hydrogens (tertiary/aromatic N) is 2. The Morgan fingerprint density at radius 3 is 2.35 bits per heavy atom. The minimum atomic E-state index is -3.45. The van der Waals surface area contributed by atoms with E-state index in [1.54, 1.807) is 37.6 Å². The smallest absolute Gasteiger partial charge is 0.243 e. The third kappa shape index (κ3) is 5.30. The number of rotatable bonds is 7. The van der Waals surface area contributed by atoms with Crippen LogP contribution in [0.4, 0.5) is 0 Å². The number of aliphatic imine (C=N–C) groups is 1. The molecule has 0 saturated heterocycles. The first-order valence-electron chi connectivity index (χ1n) is 8.38. The standard InChI is InChI=1S/C18H26N4O2S2/c1-14(2)22(4)26(23,24)17-9-7-15(8-10-17)12-20-18(19-3)21-13-16-6-5-11-25-16/h5-11,14H,12-13H2,1-4H3,(H2,19,20,21). The minimum absolute atomic E-state index is 0.0842. The van der Waals surface area contributed by atoms with Crippen molar-refractivity contribution >= 4 is 27.3 Å². The summed E-state index contributed by atoms with van der Waals surface area (Å²) in [6, 6.07) is 10.9. The monoisotopic (exact) mass is 394 g/mol. The number of thiophene rings is 1. The number of benzene rings is 1. The lowest BCUT2D eigenvalue weighted by atomic mass is 10.2. The molecular formula is C18H26N4O2S2. The Bertz CT molecular complexity index is 813. The van der Waals surface area contributed by atoms with Crippen molar-refractivity contribution in [2.24, 2.45) is 4.99 Å². The number of sulfonamides is 1. The normalized spacial score (nSPS) is 12.6. The van der Waals surface area contributed by atoms with E-state index >= 15 is 0 Å². The van der Waals surface area contributed by atoms with Crippen LogP contribution in [0.15, 0.2) is 51.7 Å². The molecule has 2 rings (SSSR count). The largest absolute Gasteiger partial charge is 0.352 e. The average molecular weight is 395 g/mol. The molecule has 142 valence electrons. The van der Waals surface area contributed by atoms with Gasteiger partial charge in [-0.3, -0.25) is 4.99 Å². The lowest BCUT2D eigenvalue weighted by molar-refractivity contribution is 0.410.